The van der Waals surface area contributed by atoms with E-state index in [1.807, 2.05) is 6.92 Å². The Hall–Kier alpha value is -0.970. The molecular formula is C14H20Cl2N2O2. The predicted octanol–water partition coefficient (Wildman–Crippen LogP) is 3.97. The fourth-order valence-corrected chi connectivity index (χ4v) is 2.04. The van der Waals surface area contributed by atoms with Crippen molar-refractivity contribution in [2.45, 2.75) is 33.3 Å². The summed E-state index contributed by atoms with van der Waals surface area (Å²) in [4.78, 5) is 11.8. The van der Waals surface area contributed by atoms with Gasteiger partial charge >= 0.3 is 0 Å². The lowest BCUT2D eigenvalue weighted by molar-refractivity contribution is -0.117. The topological polar surface area (TPSA) is 64.3 Å². The van der Waals surface area contributed by atoms with Crippen molar-refractivity contribution < 1.29 is 9.53 Å². The summed E-state index contributed by atoms with van der Waals surface area (Å²) in [5.74, 6) is 0.216. The molecule has 1 unspecified atom stereocenters. The minimum atomic E-state index is -0.200. The summed E-state index contributed by atoms with van der Waals surface area (Å²) in [7, 11) is 0. The summed E-state index contributed by atoms with van der Waals surface area (Å²) >= 11 is 12.0. The molecule has 1 amide bonds. The Morgan fingerprint density at radius 2 is 1.85 bits per heavy atom. The van der Waals surface area contributed by atoms with Crippen molar-refractivity contribution in [3.8, 4) is 0 Å². The molecule has 0 fully saturated rings. The first kappa shape index (κ1) is 17.1. The van der Waals surface area contributed by atoms with Gasteiger partial charge in [0.25, 0.3) is 0 Å². The first-order valence-electron chi connectivity index (χ1n) is 6.47. The van der Waals surface area contributed by atoms with Gasteiger partial charge in [-0.3, -0.25) is 4.79 Å². The highest BCUT2D eigenvalue weighted by molar-refractivity contribution is 6.40. The second kappa shape index (κ2) is 7.72. The summed E-state index contributed by atoms with van der Waals surface area (Å²) in [6.07, 6.45) is 0.361. The van der Waals surface area contributed by atoms with Crippen LogP contribution in [0.25, 0.3) is 0 Å². The standard InChI is InChI=1S/C14H20Cl2N2O2/c1-8(2)9(3)20-5-4-13(19)18-14-11(15)6-10(17)7-12(14)16/h6-9H,4-5,17H2,1-3H3,(H,18,19). The lowest BCUT2D eigenvalue weighted by Gasteiger charge is -2.16. The van der Waals surface area contributed by atoms with Crippen LogP contribution in [0.2, 0.25) is 10.0 Å². The average Bonchev–Trinajstić information content (AvgIpc) is 2.33. The van der Waals surface area contributed by atoms with E-state index in [9.17, 15) is 4.79 Å². The zero-order valence-electron chi connectivity index (χ0n) is 11.9. The van der Waals surface area contributed by atoms with Crippen molar-refractivity contribution in [2.24, 2.45) is 5.92 Å². The molecule has 0 aromatic heterocycles. The van der Waals surface area contributed by atoms with Crippen molar-refractivity contribution >= 4 is 40.5 Å². The fraction of sp³-hybridized carbons (Fsp3) is 0.500. The monoisotopic (exact) mass is 318 g/mol. The van der Waals surface area contributed by atoms with E-state index in [0.717, 1.165) is 0 Å². The molecule has 20 heavy (non-hydrogen) atoms. The molecule has 0 aliphatic carbocycles. The van der Waals surface area contributed by atoms with Gasteiger partial charge in [-0.05, 0) is 25.0 Å². The third-order valence-corrected chi connectivity index (χ3v) is 3.57. The minimum absolute atomic E-state index is 0.117. The van der Waals surface area contributed by atoms with Crippen molar-refractivity contribution in [3.63, 3.8) is 0 Å². The number of halogens is 2. The Bertz CT molecular complexity index is 455. The molecule has 6 heteroatoms. The van der Waals surface area contributed by atoms with Gasteiger partial charge in [0.15, 0.2) is 0 Å². The fourth-order valence-electron chi connectivity index (χ4n) is 1.44. The van der Waals surface area contributed by atoms with Crippen LogP contribution in [0.5, 0.6) is 0 Å². The maximum Gasteiger partial charge on any atom is 0.226 e. The molecular weight excluding hydrogens is 299 g/mol. The number of anilines is 2. The molecule has 0 saturated carbocycles. The molecule has 4 nitrogen and oxygen atoms in total. The first-order chi connectivity index (χ1) is 9.31. The van der Waals surface area contributed by atoms with E-state index in [1.54, 1.807) is 12.1 Å². The first-order valence-corrected chi connectivity index (χ1v) is 7.22. The highest BCUT2D eigenvalue weighted by Crippen LogP contribution is 2.32. The number of nitrogens with two attached hydrogens (primary N) is 1. The van der Waals surface area contributed by atoms with E-state index >= 15 is 0 Å². The molecule has 0 radical (unpaired) electrons. The summed E-state index contributed by atoms with van der Waals surface area (Å²) in [6.45, 7) is 6.48. The van der Waals surface area contributed by atoms with Gasteiger partial charge in [-0.15, -0.1) is 0 Å². The van der Waals surface area contributed by atoms with Crippen LogP contribution in [0, 0.1) is 5.92 Å². The van der Waals surface area contributed by atoms with Gasteiger partial charge in [0, 0.05) is 5.69 Å². The Kier molecular flexibility index (Phi) is 6.59. The Balaban J connectivity index is 2.51. The Morgan fingerprint density at radius 1 is 1.30 bits per heavy atom. The molecule has 1 aromatic carbocycles. The minimum Gasteiger partial charge on any atom is -0.399 e. The molecule has 0 bridgehead atoms. The van der Waals surface area contributed by atoms with E-state index in [0.29, 0.717) is 33.9 Å². The smallest absolute Gasteiger partial charge is 0.226 e. The van der Waals surface area contributed by atoms with Gasteiger partial charge in [0.2, 0.25) is 5.91 Å². The number of hydrogen-bond donors (Lipinski definition) is 2. The second-order valence-corrected chi connectivity index (χ2v) is 5.79. The SMILES string of the molecule is CC(C)C(C)OCCC(=O)Nc1c(Cl)cc(N)cc1Cl. The van der Waals surface area contributed by atoms with Crippen molar-refractivity contribution in [1.82, 2.24) is 0 Å². The highest BCUT2D eigenvalue weighted by atomic mass is 35.5. The average molecular weight is 319 g/mol. The number of benzene rings is 1. The number of carbonyl (C=O) groups excluding carboxylic acids is 1. The van der Waals surface area contributed by atoms with Crippen LogP contribution >= 0.6 is 23.2 Å². The maximum absolute atomic E-state index is 11.8. The van der Waals surface area contributed by atoms with Gasteiger partial charge in [0.05, 0.1) is 34.9 Å². The molecule has 0 saturated heterocycles. The van der Waals surface area contributed by atoms with Gasteiger partial charge < -0.3 is 15.8 Å². The van der Waals surface area contributed by atoms with E-state index in [-0.39, 0.29) is 18.4 Å². The summed E-state index contributed by atoms with van der Waals surface area (Å²) in [5.41, 5.74) is 6.43. The third kappa shape index (κ3) is 5.19. The molecule has 3 N–H and O–H groups in total. The van der Waals surface area contributed by atoms with Gasteiger partial charge in [-0.25, -0.2) is 0 Å². The molecule has 112 valence electrons. The lowest BCUT2D eigenvalue weighted by Crippen LogP contribution is -2.20. The van der Waals surface area contributed by atoms with Crippen LogP contribution in [0.1, 0.15) is 27.2 Å². The lowest BCUT2D eigenvalue weighted by atomic mass is 10.1. The summed E-state index contributed by atoms with van der Waals surface area (Å²) in [6, 6.07) is 3.08. The van der Waals surface area contributed by atoms with Crippen molar-refractivity contribution in [3.05, 3.63) is 22.2 Å². The zero-order valence-corrected chi connectivity index (χ0v) is 13.4. The van der Waals surface area contributed by atoms with Crippen LogP contribution in [0.3, 0.4) is 0 Å². The molecule has 0 aliphatic heterocycles. The van der Waals surface area contributed by atoms with Crippen LogP contribution < -0.4 is 11.1 Å². The normalized spacial score (nSPS) is 12.5. The number of rotatable bonds is 6. The van der Waals surface area contributed by atoms with Crippen molar-refractivity contribution in [2.75, 3.05) is 17.7 Å². The molecule has 0 spiro atoms. The van der Waals surface area contributed by atoms with Crippen LogP contribution in [0.4, 0.5) is 11.4 Å². The Morgan fingerprint density at radius 3 is 2.35 bits per heavy atom. The van der Waals surface area contributed by atoms with Gasteiger partial charge in [-0.1, -0.05) is 37.0 Å². The number of amides is 1. The van der Waals surface area contributed by atoms with Crippen molar-refractivity contribution in [1.29, 1.82) is 0 Å². The van der Waals surface area contributed by atoms with E-state index in [2.05, 4.69) is 19.2 Å². The molecule has 1 rings (SSSR count). The number of carbonyl (C=O) groups is 1. The molecule has 0 aliphatic rings. The molecule has 1 aromatic rings. The second-order valence-electron chi connectivity index (χ2n) is 4.98. The number of nitrogen functional groups attached to an aromatic ring is 1. The summed E-state index contributed by atoms with van der Waals surface area (Å²) in [5, 5.41) is 3.31. The number of ether oxygens (including phenoxy) is 1. The number of nitrogens with one attached hydrogen (secondary N) is 1. The van der Waals surface area contributed by atoms with Gasteiger partial charge in [-0.2, -0.15) is 0 Å². The number of hydrogen-bond acceptors (Lipinski definition) is 3. The van der Waals surface area contributed by atoms with Crippen LogP contribution in [-0.4, -0.2) is 18.6 Å². The van der Waals surface area contributed by atoms with E-state index in [1.165, 1.54) is 0 Å². The zero-order chi connectivity index (χ0) is 15.3. The quantitative estimate of drug-likeness (QED) is 0.780. The van der Waals surface area contributed by atoms with Gasteiger partial charge in [0.1, 0.15) is 0 Å². The predicted molar refractivity (Wildman–Crippen MR) is 84.4 cm³/mol. The van der Waals surface area contributed by atoms with Crippen LogP contribution in [0.15, 0.2) is 12.1 Å². The van der Waals surface area contributed by atoms with Crippen LogP contribution in [-0.2, 0) is 9.53 Å². The Labute approximate surface area is 129 Å². The third-order valence-electron chi connectivity index (χ3n) is 2.98. The molecule has 1 atom stereocenters. The summed E-state index contributed by atoms with van der Waals surface area (Å²) < 4.78 is 5.54. The van der Waals surface area contributed by atoms with E-state index in [4.69, 9.17) is 33.7 Å². The largest absolute Gasteiger partial charge is 0.399 e. The van der Waals surface area contributed by atoms with E-state index < -0.39 is 0 Å². The maximum atomic E-state index is 11.8. The highest BCUT2D eigenvalue weighted by Gasteiger charge is 2.12. The molecule has 0 heterocycles.